The van der Waals surface area contributed by atoms with Crippen LogP contribution in [-0.2, 0) is 6.42 Å². The van der Waals surface area contributed by atoms with Crippen LogP contribution >= 0.6 is 0 Å². The highest BCUT2D eigenvalue weighted by Crippen LogP contribution is 2.40. The van der Waals surface area contributed by atoms with Gasteiger partial charge in [0.2, 0.25) is 0 Å². The van der Waals surface area contributed by atoms with Crippen LogP contribution in [0.1, 0.15) is 18.1 Å². The summed E-state index contributed by atoms with van der Waals surface area (Å²) in [6.45, 7) is 4.53. The summed E-state index contributed by atoms with van der Waals surface area (Å²) in [7, 11) is 0. The van der Waals surface area contributed by atoms with Crippen LogP contribution in [0.2, 0.25) is 0 Å². The summed E-state index contributed by atoms with van der Waals surface area (Å²) in [5.41, 5.74) is 13.9. The SMILES string of the molecule is CCc1c(-c2cccc(-c3ccc4c5ccccc5c5ccccc5c4c3)c2)cccc1-c1cc(-n2c3ccccc3c3ccccc32)ccc1C. The molecule has 0 saturated heterocycles. The smallest absolute Gasteiger partial charge is 0.0541 e. The van der Waals surface area contributed by atoms with Gasteiger partial charge in [0.25, 0.3) is 0 Å². The zero-order chi connectivity index (χ0) is 34.8. The number of aromatic nitrogens is 1. The van der Waals surface area contributed by atoms with Gasteiger partial charge in [-0.1, -0.05) is 146 Å². The summed E-state index contributed by atoms with van der Waals surface area (Å²) in [5.74, 6) is 0. The van der Waals surface area contributed by atoms with Gasteiger partial charge in [0.05, 0.1) is 11.0 Å². The van der Waals surface area contributed by atoms with E-state index < -0.39 is 0 Å². The molecular formula is C51H37N. The van der Waals surface area contributed by atoms with Crippen LogP contribution in [0.15, 0.2) is 176 Å². The van der Waals surface area contributed by atoms with Crippen molar-refractivity contribution >= 4 is 54.1 Å². The van der Waals surface area contributed by atoms with Gasteiger partial charge in [-0.15, -0.1) is 0 Å². The van der Waals surface area contributed by atoms with Crippen molar-refractivity contribution in [2.45, 2.75) is 20.3 Å². The fraction of sp³-hybridized carbons (Fsp3) is 0.0588. The Morgan fingerprint density at radius 1 is 0.365 bits per heavy atom. The lowest BCUT2D eigenvalue weighted by atomic mass is 9.87. The first kappa shape index (κ1) is 30.4. The summed E-state index contributed by atoms with van der Waals surface area (Å²) < 4.78 is 2.42. The largest absolute Gasteiger partial charge is 0.309 e. The van der Waals surface area contributed by atoms with Gasteiger partial charge >= 0.3 is 0 Å². The number of para-hydroxylation sites is 2. The van der Waals surface area contributed by atoms with Gasteiger partial charge in [-0.3, -0.25) is 0 Å². The van der Waals surface area contributed by atoms with Crippen molar-refractivity contribution in [3.63, 3.8) is 0 Å². The van der Waals surface area contributed by atoms with E-state index in [1.54, 1.807) is 0 Å². The lowest BCUT2D eigenvalue weighted by Gasteiger charge is -2.18. The summed E-state index contributed by atoms with van der Waals surface area (Å²) in [6, 6.07) is 65.0. The van der Waals surface area contributed by atoms with Crippen molar-refractivity contribution in [1.29, 1.82) is 0 Å². The second kappa shape index (κ2) is 12.1. The molecule has 52 heavy (non-hydrogen) atoms. The minimum absolute atomic E-state index is 0.934. The maximum Gasteiger partial charge on any atom is 0.0541 e. The molecule has 1 heterocycles. The molecule has 1 nitrogen and oxygen atoms in total. The molecule has 1 heteroatoms. The Morgan fingerprint density at radius 3 is 1.54 bits per heavy atom. The molecule has 0 atom stereocenters. The topological polar surface area (TPSA) is 4.93 Å². The monoisotopic (exact) mass is 663 g/mol. The number of fused-ring (bicyclic) bond motifs is 9. The summed E-state index contributed by atoms with van der Waals surface area (Å²) >= 11 is 0. The number of hydrogen-bond donors (Lipinski definition) is 0. The zero-order valence-electron chi connectivity index (χ0n) is 29.4. The molecular weight excluding hydrogens is 627 g/mol. The van der Waals surface area contributed by atoms with Crippen LogP contribution in [0, 0.1) is 6.92 Å². The minimum Gasteiger partial charge on any atom is -0.309 e. The number of benzene rings is 9. The third-order valence-electron chi connectivity index (χ3n) is 11.1. The van der Waals surface area contributed by atoms with E-state index in [1.807, 2.05) is 0 Å². The van der Waals surface area contributed by atoms with Gasteiger partial charge in [-0.05, 0) is 127 Å². The number of rotatable bonds is 5. The van der Waals surface area contributed by atoms with E-state index in [1.165, 1.54) is 104 Å². The first-order valence-electron chi connectivity index (χ1n) is 18.3. The Morgan fingerprint density at radius 2 is 0.885 bits per heavy atom. The van der Waals surface area contributed by atoms with Crippen molar-refractivity contribution in [1.82, 2.24) is 4.57 Å². The van der Waals surface area contributed by atoms with Crippen molar-refractivity contribution in [2.24, 2.45) is 0 Å². The van der Waals surface area contributed by atoms with Crippen LogP contribution in [-0.4, -0.2) is 4.57 Å². The van der Waals surface area contributed by atoms with Crippen LogP contribution in [0.3, 0.4) is 0 Å². The highest BCUT2D eigenvalue weighted by atomic mass is 15.0. The number of aryl methyl sites for hydroxylation is 1. The fourth-order valence-corrected chi connectivity index (χ4v) is 8.68. The molecule has 0 N–H and O–H groups in total. The highest BCUT2D eigenvalue weighted by molar-refractivity contribution is 6.25. The summed E-state index contributed by atoms with van der Waals surface area (Å²) in [6.07, 6.45) is 0.934. The van der Waals surface area contributed by atoms with Gasteiger partial charge in [0.15, 0.2) is 0 Å². The van der Waals surface area contributed by atoms with Crippen molar-refractivity contribution < 1.29 is 0 Å². The molecule has 10 aromatic rings. The van der Waals surface area contributed by atoms with E-state index >= 15 is 0 Å². The predicted octanol–water partition coefficient (Wildman–Crippen LogP) is 14.1. The molecule has 10 rings (SSSR count). The Balaban J connectivity index is 1.10. The van der Waals surface area contributed by atoms with E-state index in [4.69, 9.17) is 0 Å². The summed E-state index contributed by atoms with van der Waals surface area (Å²) in [4.78, 5) is 0. The lowest BCUT2D eigenvalue weighted by molar-refractivity contribution is 1.14. The number of nitrogens with zero attached hydrogens (tertiary/aromatic N) is 1. The summed E-state index contributed by atoms with van der Waals surface area (Å²) in [5, 5.41) is 10.4. The maximum absolute atomic E-state index is 2.42. The molecule has 0 unspecified atom stereocenters. The standard InChI is InChI=1S/C51H37N/c1-3-38-39(22-13-23-40(38)48-32-37(28-26-33(48)2)52-50-24-10-8-20-46(50)47-21-9-11-25-51(47)52)36-15-12-14-34(30-36)35-27-29-45-43-18-5-4-16-41(43)42-17-6-7-19-44(42)49(45)31-35/h4-32H,3H2,1-2H3. The number of hydrogen-bond acceptors (Lipinski definition) is 0. The fourth-order valence-electron chi connectivity index (χ4n) is 8.68. The molecule has 0 amide bonds. The van der Waals surface area contributed by atoms with Gasteiger partial charge in [0.1, 0.15) is 0 Å². The van der Waals surface area contributed by atoms with Gasteiger partial charge in [0, 0.05) is 16.5 Å². The molecule has 0 fully saturated rings. The van der Waals surface area contributed by atoms with E-state index in [-0.39, 0.29) is 0 Å². The van der Waals surface area contributed by atoms with Crippen LogP contribution in [0.5, 0.6) is 0 Å². The van der Waals surface area contributed by atoms with Crippen LogP contribution in [0.4, 0.5) is 0 Å². The van der Waals surface area contributed by atoms with Crippen LogP contribution in [0.25, 0.3) is 93.2 Å². The second-order valence-corrected chi connectivity index (χ2v) is 14.0. The third kappa shape index (κ3) is 4.70. The van der Waals surface area contributed by atoms with Crippen molar-refractivity contribution in [3.05, 3.63) is 187 Å². The predicted molar refractivity (Wildman–Crippen MR) is 224 cm³/mol. The molecule has 0 aliphatic heterocycles. The Kier molecular flexibility index (Phi) is 7.08. The van der Waals surface area contributed by atoms with Gasteiger partial charge < -0.3 is 4.57 Å². The maximum atomic E-state index is 2.42. The molecule has 0 bridgehead atoms. The van der Waals surface area contributed by atoms with Crippen molar-refractivity contribution in [2.75, 3.05) is 0 Å². The van der Waals surface area contributed by atoms with Crippen LogP contribution < -0.4 is 0 Å². The highest BCUT2D eigenvalue weighted by Gasteiger charge is 2.17. The molecule has 0 aliphatic rings. The Labute approximate surface area is 304 Å². The average Bonchev–Trinajstić information content (AvgIpc) is 3.55. The molecule has 0 saturated carbocycles. The second-order valence-electron chi connectivity index (χ2n) is 14.0. The zero-order valence-corrected chi connectivity index (χ0v) is 29.4. The van der Waals surface area contributed by atoms with Gasteiger partial charge in [-0.25, -0.2) is 0 Å². The minimum atomic E-state index is 0.934. The normalized spacial score (nSPS) is 11.7. The third-order valence-corrected chi connectivity index (χ3v) is 11.1. The molecule has 0 aliphatic carbocycles. The van der Waals surface area contributed by atoms with E-state index in [2.05, 4.69) is 194 Å². The molecule has 246 valence electrons. The lowest BCUT2D eigenvalue weighted by Crippen LogP contribution is -1.98. The quantitative estimate of drug-likeness (QED) is 0.162. The Hall–Kier alpha value is -6.44. The first-order valence-corrected chi connectivity index (χ1v) is 18.3. The van der Waals surface area contributed by atoms with Crippen molar-refractivity contribution in [3.8, 4) is 39.1 Å². The van der Waals surface area contributed by atoms with Gasteiger partial charge in [-0.2, -0.15) is 0 Å². The molecule has 0 spiro atoms. The molecule has 0 radical (unpaired) electrons. The molecule has 9 aromatic carbocycles. The van der Waals surface area contributed by atoms with E-state index in [0.717, 1.165) is 6.42 Å². The van der Waals surface area contributed by atoms with E-state index in [9.17, 15) is 0 Å². The molecule has 1 aromatic heterocycles. The van der Waals surface area contributed by atoms with E-state index in [0.29, 0.717) is 0 Å². The average molecular weight is 664 g/mol. The Bertz CT molecular complexity index is 2920. The first-order chi connectivity index (χ1) is 25.7.